The normalized spacial score (nSPS) is 10.7. The van der Waals surface area contributed by atoms with E-state index in [2.05, 4.69) is 10.2 Å². The minimum absolute atomic E-state index is 0.400. The van der Waals surface area contributed by atoms with Crippen molar-refractivity contribution in [2.45, 2.75) is 12.8 Å². The first-order valence-electron chi connectivity index (χ1n) is 8.11. The number of ether oxygens (including phenoxy) is 1. The van der Waals surface area contributed by atoms with Gasteiger partial charge >= 0.3 is 5.97 Å². The maximum atomic E-state index is 12.0. The molecule has 0 aliphatic rings. The van der Waals surface area contributed by atoms with Crippen LogP contribution >= 0.6 is 11.6 Å². The van der Waals surface area contributed by atoms with Crippen LogP contribution in [0.4, 0.5) is 5.69 Å². The Bertz CT molecular complexity index is 935. The van der Waals surface area contributed by atoms with Crippen LogP contribution in [0.15, 0.2) is 42.5 Å². The molecule has 0 saturated heterocycles. The highest BCUT2D eigenvalue weighted by Gasteiger charge is 2.16. The quantitative estimate of drug-likeness (QED) is 0.550. The van der Waals surface area contributed by atoms with E-state index >= 15 is 0 Å². The zero-order valence-corrected chi connectivity index (χ0v) is 15.3. The lowest BCUT2D eigenvalue weighted by Gasteiger charge is -2.10. The van der Waals surface area contributed by atoms with E-state index in [1.807, 2.05) is 35.9 Å². The van der Waals surface area contributed by atoms with Crippen LogP contribution in [0.2, 0.25) is 5.02 Å². The first-order valence-corrected chi connectivity index (χ1v) is 8.49. The van der Waals surface area contributed by atoms with Gasteiger partial charge in [0.2, 0.25) is 0 Å². The Kier molecular flexibility index (Phi) is 5.23. The molecule has 26 heavy (non-hydrogen) atoms. The van der Waals surface area contributed by atoms with Crippen molar-refractivity contribution in [2.24, 2.45) is 7.05 Å². The van der Waals surface area contributed by atoms with Crippen molar-refractivity contribution in [3.05, 3.63) is 64.4 Å². The van der Waals surface area contributed by atoms with Crippen molar-refractivity contribution in [3.8, 4) is 11.4 Å². The number of carbonyl (C=O) groups is 1. The average Bonchev–Trinajstić information content (AvgIpc) is 3.01. The summed E-state index contributed by atoms with van der Waals surface area (Å²) >= 11 is 6.29. The molecule has 0 spiro atoms. The zero-order valence-electron chi connectivity index (χ0n) is 14.6. The summed E-state index contributed by atoms with van der Waals surface area (Å²) in [5, 5.41) is 9.08. The largest absolute Gasteiger partial charge is 0.465 e. The van der Waals surface area contributed by atoms with E-state index in [1.54, 1.807) is 18.2 Å². The zero-order chi connectivity index (χ0) is 18.7. The molecule has 0 aliphatic carbocycles. The van der Waals surface area contributed by atoms with E-state index in [4.69, 9.17) is 22.1 Å². The van der Waals surface area contributed by atoms with Gasteiger partial charge in [-0.05, 0) is 48.4 Å². The number of carbonyl (C=O) groups excluding carboxylic acids is 1. The third kappa shape index (κ3) is 3.55. The highest BCUT2D eigenvalue weighted by atomic mass is 35.5. The smallest absolute Gasteiger partial charge is 0.338 e. The lowest BCUT2D eigenvalue weighted by Crippen LogP contribution is -2.09. The number of esters is 1. The number of nitrogens with two attached hydrogens (primary N) is 1. The Hall–Kier alpha value is -2.86. The number of aryl methyl sites for hydroxylation is 1. The van der Waals surface area contributed by atoms with Crippen molar-refractivity contribution in [3.63, 3.8) is 0 Å². The molecule has 1 heterocycles. The second kappa shape index (κ2) is 7.58. The molecule has 0 amide bonds. The van der Waals surface area contributed by atoms with Gasteiger partial charge in [-0.1, -0.05) is 17.7 Å². The number of nitrogens with zero attached hydrogens (tertiary/aromatic N) is 3. The summed E-state index contributed by atoms with van der Waals surface area (Å²) in [5.74, 6) is 1.16. The molecular weight excluding hydrogens is 352 g/mol. The molecular formula is C19H19ClN4O2. The number of halogens is 1. The highest BCUT2D eigenvalue weighted by Crippen LogP contribution is 2.24. The molecule has 7 heteroatoms. The maximum absolute atomic E-state index is 12.0. The maximum Gasteiger partial charge on any atom is 0.338 e. The fraction of sp³-hybridized carbons (Fsp3) is 0.211. The number of benzene rings is 2. The molecule has 0 fully saturated rings. The van der Waals surface area contributed by atoms with E-state index in [0.717, 1.165) is 22.8 Å². The third-order valence-electron chi connectivity index (χ3n) is 4.26. The van der Waals surface area contributed by atoms with Gasteiger partial charge in [-0.2, -0.15) is 0 Å². The van der Waals surface area contributed by atoms with Crippen LogP contribution in [0.25, 0.3) is 11.4 Å². The molecule has 1 aromatic heterocycles. The van der Waals surface area contributed by atoms with Crippen molar-refractivity contribution < 1.29 is 9.53 Å². The van der Waals surface area contributed by atoms with Crippen LogP contribution in [0.1, 0.15) is 21.7 Å². The Balaban J connectivity index is 1.84. The molecule has 0 saturated carbocycles. The van der Waals surface area contributed by atoms with Gasteiger partial charge in [-0.15, -0.1) is 10.2 Å². The molecule has 0 radical (unpaired) electrons. The average molecular weight is 371 g/mol. The predicted octanol–water partition coefficient (Wildman–Crippen LogP) is 3.29. The number of rotatable bonds is 5. The van der Waals surface area contributed by atoms with Crippen LogP contribution in [0.5, 0.6) is 0 Å². The summed E-state index contributed by atoms with van der Waals surface area (Å²) in [7, 11) is 3.27. The first kappa shape index (κ1) is 17.9. The van der Waals surface area contributed by atoms with Crippen LogP contribution in [0, 0.1) is 0 Å². The fourth-order valence-corrected chi connectivity index (χ4v) is 3.08. The highest BCUT2D eigenvalue weighted by molar-refractivity contribution is 6.31. The first-order chi connectivity index (χ1) is 12.5. The second-order valence-corrected chi connectivity index (χ2v) is 6.29. The number of methoxy groups -OCH3 is 1. The van der Waals surface area contributed by atoms with Crippen LogP contribution in [-0.2, 0) is 24.6 Å². The van der Waals surface area contributed by atoms with E-state index in [0.29, 0.717) is 29.1 Å². The van der Waals surface area contributed by atoms with E-state index in [1.165, 1.54) is 7.11 Å². The molecule has 0 aliphatic heterocycles. The fourth-order valence-electron chi connectivity index (χ4n) is 2.81. The summed E-state index contributed by atoms with van der Waals surface area (Å²) in [4.78, 5) is 12.0. The van der Waals surface area contributed by atoms with Gasteiger partial charge in [0.05, 0.1) is 12.7 Å². The summed E-state index contributed by atoms with van der Waals surface area (Å²) in [5.41, 5.74) is 8.59. The summed E-state index contributed by atoms with van der Waals surface area (Å²) < 4.78 is 6.77. The van der Waals surface area contributed by atoms with Gasteiger partial charge in [0, 0.05) is 29.7 Å². The molecule has 2 aromatic carbocycles. The van der Waals surface area contributed by atoms with Gasteiger partial charge < -0.3 is 15.0 Å². The van der Waals surface area contributed by atoms with Crippen molar-refractivity contribution >= 4 is 23.3 Å². The van der Waals surface area contributed by atoms with Crippen LogP contribution in [0.3, 0.4) is 0 Å². The van der Waals surface area contributed by atoms with Gasteiger partial charge in [-0.3, -0.25) is 0 Å². The Labute approximate surface area is 156 Å². The molecule has 3 rings (SSSR count). The summed E-state index contributed by atoms with van der Waals surface area (Å²) in [6.07, 6.45) is 1.14. The number of nitrogen functional groups attached to an aromatic ring is 1. The Morgan fingerprint density at radius 3 is 2.58 bits per heavy atom. The van der Waals surface area contributed by atoms with Gasteiger partial charge in [0.1, 0.15) is 5.82 Å². The Morgan fingerprint density at radius 1 is 1.15 bits per heavy atom. The van der Waals surface area contributed by atoms with Gasteiger partial charge in [0.25, 0.3) is 0 Å². The number of hydrogen-bond donors (Lipinski definition) is 1. The molecule has 0 atom stereocenters. The minimum Gasteiger partial charge on any atom is -0.465 e. The van der Waals surface area contributed by atoms with Gasteiger partial charge in [0.15, 0.2) is 5.82 Å². The number of anilines is 1. The topological polar surface area (TPSA) is 83.0 Å². The standard InChI is InChI=1S/C19H19ClN4O2/c1-24-17(22-23-18(24)12-6-8-13(21)9-7-12)11-10-14-15(19(25)26-2)4-3-5-16(14)20/h3-9H,10-11,21H2,1-2H3. The molecule has 134 valence electrons. The third-order valence-corrected chi connectivity index (χ3v) is 4.61. The SMILES string of the molecule is COC(=O)c1cccc(Cl)c1CCc1nnc(-c2ccc(N)cc2)n1C. The minimum atomic E-state index is -0.400. The summed E-state index contributed by atoms with van der Waals surface area (Å²) in [6, 6.07) is 12.7. The number of hydrogen-bond acceptors (Lipinski definition) is 5. The van der Waals surface area contributed by atoms with E-state index in [9.17, 15) is 4.79 Å². The van der Waals surface area contributed by atoms with Crippen LogP contribution < -0.4 is 5.73 Å². The molecule has 2 N–H and O–H groups in total. The lowest BCUT2D eigenvalue weighted by molar-refractivity contribution is 0.0599. The van der Waals surface area contributed by atoms with Crippen molar-refractivity contribution in [1.82, 2.24) is 14.8 Å². The summed E-state index contributed by atoms with van der Waals surface area (Å²) in [6.45, 7) is 0. The second-order valence-electron chi connectivity index (χ2n) is 5.88. The predicted molar refractivity (Wildman–Crippen MR) is 101 cm³/mol. The van der Waals surface area contributed by atoms with Crippen LogP contribution in [-0.4, -0.2) is 27.8 Å². The molecule has 3 aromatic rings. The monoisotopic (exact) mass is 370 g/mol. The van der Waals surface area contributed by atoms with E-state index in [-0.39, 0.29) is 0 Å². The van der Waals surface area contributed by atoms with Gasteiger partial charge in [-0.25, -0.2) is 4.79 Å². The Morgan fingerprint density at radius 2 is 1.88 bits per heavy atom. The van der Waals surface area contributed by atoms with Crippen molar-refractivity contribution in [2.75, 3.05) is 12.8 Å². The molecule has 6 nitrogen and oxygen atoms in total. The van der Waals surface area contributed by atoms with E-state index < -0.39 is 5.97 Å². The molecule has 0 bridgehead atoms. The molecule has 0 unspecified atom stereocenters. The lowest BCUT2D eigenvalue weighted by atomic mass is 10.0. The van der Waals surface area contributed by atoms with Crippen molar-refractivity contribution in [1.29, 1.82) is 0 Å². The number of aromatic nitrogens is 3.